The van der Waals surface area contributed by atoms with E-state index >= 15 is 0 Å². The van der Waals surface area contributed by atoms with Crippen LogP contribution < -0.4 is 5.32 Å². The number of amides is 1. The summed E-state index contributed by atoms with van der Waals surface area (Å²) in [4.78, 5) is 21.4. The highest BCUT2D eigenvalue weighted by molar-refractivity contribution is 7.99. The lowest BCUT2D eigenvalue weighted by Crippen LogP contribution is -2.12. The molecule has 5 nitrogen and oxygen atoms in total. The summed E-state index contributed by atoms with van der Waals surface area (Å²) in [6.45, 7) is 6.32. The maximum atomic E-state index is 12.3. The Labute approximate surface area is 185 Å². The van der Waals surface area contributed by atoms with Crippen LogP contribution in [0.5, 0.6) is 0 Å². The summed E-state index contributed by atoms with van der Waals surface area (Å²) in [7, 11) is 0. The molecule has 0 bridgehead atoms. The van der Waals surface area contributed by atoms with Crippen molar-refractivity contribution in [1.82, 2.24) is 9.97 Å². The van der Waals surface area contributed by atoms with Crippen molar-refractivity contribution in [3.63, 3.8) is 0 Å². The lowest BCUT2D eigenvalue weighted by Gasteiger charge is -2.08. The van der Waals surface area contributed by atoms with Crippen LogP contribution in [-0.4, -0.2) is 21.6 Å². The molecule has 0 atom stereocenters. The number of nitriles is 1. The molecule has 30 heavy (non-hydrogen) atoms. The molecule has 1 aromatic carbocycles. The average Bonchev–Trinajstić information content (AvgIpc) is 3.16. The second kappa shape index (κ2) is 10.4. The van der Waals surface area contributed by atoms with Crippen molar-refractivity contribution in [3.05, 3.63) is 58.6 Å². The summed E-state index contributed by atoms with van der Waals surface area (Å²) in [5, 5.41) is 15.4. The van der Waals surface area contributed by atoms with Gasteiger partial charge in [0.1, 0.15) is 11.1 Å². The van der Waals surface area contributed by atoms with Crippen molar-refractivity contribution in [1.29, 1.82) is 5.26 Å². The molecule has 3 aromatic rings. The number of aryl methyl sites for hydroxylation is 1. The van der Waals surface area contributed by atoms with E-state index in [1.54, 1.807) is 0 Å². The van der Waals surface area contributed by atoms with Gasteiger partial charge in [-0.05, 0) is 31.4 Å². The number of aromatic nitrogens is 2. The van der Waals surface area contributed by atoms with Crippen LogP contribution in [0.15, 0.2) is 46.8 Å². The maximum Gasteiger partial charge on any atom is 0.226 e. The molecule has 154 valence electrons. The molecule has 0 spiro atoms. The number of thioether (sulfide) groups is 1. The molecule has 1 amide bonds. The quantitative estimate of drug-likeness (QED) is 0.458. The average molecular weight is 437 g/mol. The number of rotatable bonds is 8. The molecule has 0 saturated heterocycles. The van der Waals surface area contributed by atoms with Crippen LogP contribution in [-0.2, 0) is 11.2 Å². The molecule has 2 heterocycles. The molecule has 0 saturated carbocycles. The van der Waals surface area contributed by atoms with Gasteiger partial charge >= 0.3 is 0 Å². The first-order valence-corrected chi connectivity index (χ1v) is 11.7. The van der Waals surface area contributed by atoms with E-state index < -0.39 is 0 Å². The molecule has 0 aliphatic heterocycles. The fraction of sp³-hybridized carbons (Fsp3) is 0.304. The molecular weight excluding hydrogens is 412 g/mol. The summed E-state index contributed by atoms with van der Waals surface area (Å²) in [5.41, 5.74) is 4.61. The van der Waals surface area contributed by atoms with Crippen LogP contribution in [0.1, 0.15) is 37.1 Å². The fourth-order valence-electron chi connectivity index (χ4n) is 2.82. The highest BCUT2D eigenvalue weighted by Crippen LogP contribution is 2.26. The third-order valence-electron chi connectivity index (χ3n) is 4.32. The minimum absolute atomic E-state index is 0.0934. The Morgan fingerprint density at radius 2 is 1.97 bits per heavy atom. The van der Waals surface area contributed by atoms with Gasteiger partial charge in [0, 0.05) is 28.8 Å². The summed E-state index contributed by atoms with van der Waals surface area (Å²) in [6.07, 6.45) is 1.19. The van der Waals surface area contributed by atoms with Gasteiger partial charge in [-0.15, -0.1) is 23.1 Å². The standard InChI is InChI=1S/C23H24N4OS2/c1-15(2)12-19-9-8-18(13-24)22(25-19)29-11-10-21(28)27-23-26-20(14-30-23)17-6-4-16(3)5-7-17/h4-9,14-15H,10-12H2,1-3H3,(H,26,27,28). The Bertz CT molecular complexity index is 1050. The van der Waals surface area contributed by atoms with Crippen LogP contribution in [0.25, 0.3) is 11.3 Å². The van der Waals surface area contributed by atoms with E-state index in [4.69, 9.17) is 0 Å². The zero-order valence-electron chi connectivity index (χ0n) is 17.3. The van der Waals surface area contributed by atoms with Gasteiger partial charge in [-0.3, -0.25) is 4.79 Å². The minimum atomic E-state index is -0.0934. The zero-order valence-corrected chi connectivity index (χ0v) is 18.9. The largest absolute Gasteiger partial charge is 0.302 e. The van der Waals surface area contributed by atoms with Gasteiger partial charge in [-0.25, -0.2) is 9.97 Å². The molecule has 3 rings (SSSR count). The van der Waals surface area contributed by atoms with Crippen LogP contribution in [0.4, 0.5) is 5.13 Å². The van der Waals surface area contributed by atoms with Crippen LogP contribution in [0.2, 0.25) is 0 Å². The highest BCUT2D eigenvalue weighted by Gasteiger charge is 2.11. The van der Waals surface area contributed by atoms with E-state index in [0.29, 0.717) is 33.8 Å². The molecule has 0 unspecified atom stereocenters. The summed E-state index contributed by atoms with van der Waals surface area (Å²) >= 11 is 2.86. The van der Waals surface area contributed by atoms with Crippen molar-refractivity contribution in [3.8, 4) is 17.3 Å². The van der Waals surface area contributed by atoms with Gasteiger partial charge in [-0.1, -0.05) is 43.7 Å². The Morgan fingerprint density at radius 3 is 2.67 bits per heavy atom. The second-order valence-corrected chi connectivity index (χ2v) is 9.36. The van der Waals surface area contributed by atoms with Gasteiger partial charge in [-0.2, -0.15) is 5.26 Å². The van der Waals surface area contributed by atoms with Gasteiger partial charge in [0.2, 0.25) is 5.91 Å². The van der Waals surface area contributed by atoms with E-state index in [1.165, 1.54) is 28.7 Å². The van der Waals surface area contributed by atoms with Crippen molar-refractivity contribution >= 4 is 34.1 Å². The number of thiazole rings is 1. The van der Waals surface area contributed by atoms with E-state index in [2.05, 4.69) is 35.2 Å². The van der Waals surface area contributed by atoms with Gasteiger partial charge in [0.15, 0.2) is 5.13 Å². The smallest absolute Gasteiger partial charge is 0.226 e. The molecule has 0 aliphatic carbocycles. The predicted octanol–water partition coefficient (Wildman–Crippen LogP) is 5.70. The monoisotopic (exact) mass is 436 g/mol. The minimum Gasteiger partial charge on any atom is -0.302 e. The van der Waals surface area contributed by atoms with Crippen LogP contribution in [0, 0.1) is 24.2 Å². The van der Waals surface area contributed by atoms with E-state index in [0.717, 1.165) is 23.4 Å². The SMILES string of the molecule is Cc1ccc(-c2csc(NC(=O)CCSc3nc(CC(C)C)ccc3C#N)n2)cc1. The van der Waals surface area contributed by atoms with Gasteiger partial charge in [0.05, 0.1) is 11.3 Å². The third kappa shape index (κ3) is 6.15. The lowest BCUT2D eigenvalue weighted by molar-refractivity contribution is -0.115. The van der Waals surface area contributed by atoms with Crippen LogP contribution >= 0.6 is 23.1 Å². The Kier molecular flexibility index (Phi) is 7.61. The van der Waals surface area contributed by atoms with Crippen molar-refractivity contribution in [2.24, 2.45) is 5.92 Å². The topological polar surface area (TPSA) is 78.7 Å². The number of hydrogen-bond acceptors (Lipinski definition) is 6. The first kappa shape index (κ1) is 22.0. The summed E-state index contributed by atoms with van der Waals surface area (Å²) in [6, 6.07) is 14.1. The zero-order chi connectivity index (χ0) is 21.5. The number of hydrogen-bond donors (Lipinski definition) is 1. The number of nitrogens with one attached hydrogen (secondary N) is 1. The Morgan fingerprint density at radius 1 is 1.20 bits per heavy atom. The lowest BCUT2D eigenvalue weighted by atomic mass is 10.1. The first-order chi connectivity index (χ1) is 14.4. The Balaban J connectivity index is 1.54. The molecule has 7 heteroatoms. The molecule has 2 aromatic heterocycles. The predicted molar refractivity (Wildman–Crippen MR) is 124 cm³/mol. The van der Waals surface area contributed by atoms with Crippen molar-refractivity contribution in [2.75, 3.05) is 11.1 Å². The number of nitrogens with zero attached hydrogens (tertiary/aromatic N) is 3. The number of carbonyl (C=O) groups excluding carboxylic acids is 1. The van der Waals surface area contributed by atoms with Crippen molar-refractivity contribution < 1.29 is 4.79 Å². The first-order valence-electron chi connectivity index (χ1n) is 9.80. The number of anilines is 1. The number of pyridine rings is 1. The Hall–Kier alpha value is -2.69. The van der Waals surface area contributed by atoms with E-state index in [1.807, 2.05) is 48.7 Å². The van der Waals surface area contributed by atoms with Gasteiger partial charge < -0.3 is 5.32 Å². The normalized spacial score (nSPS) is 10.8. The molecule has 0 fully saturated rings. The second-order valence-electron chi connectivity index (χ2n) is 7.42. The molecular formula is C23H24N4OS2. The van der Waals surface area contributed by atoms with Gasteiger partial charge in [0.25, 0.3) is 0 Å². The maximum absolute atomic E-state index is 12.3. The highest BCUT2D eigenvalue weighted by atomic mass is 32.2. The fourth-order valence-corrected chi connectivity index (χ4v) is 4.48. The van der Waals surface area contributed by atoms with E-state index in [9.17, 15) is 10.1 Å². The molecule has 0 radical (unpaired) electrons. The molecule has 0 aliphatic rings. The van der Waals surface area contributed by atoms with Crippen LogP contribution in [0.3, 0.4) is 0 Å². The summed E-state index contributed by atoms with van der Waals surface area (Å²) < 4.78 is 0. The number of carbonyl (C=O) groups is 1. The third-order valence-corrected chi connectivity index (χ3v) is 6.07. The number of benzene rings is 1. The van der Waals surface area contributed by atoms with E-state index in [-0.39, 0.29) is 5.91 Å². The molecule has 1 N–H and O–H groups in total. The summed E-state index contributed by atoms with van der Waals surface area (Å²) in [5.74, 6) is 0.954. The van der Waals surface area contributed by atoms with Crippen molar-refractivity contribution in [2.45, 2.75) is 38.6 Å².